The summed E-state index contributed by atoms with van der Waals surface area (Å²) in [5.74, 6) is 0.772. The Balaban J connectivity index is 1.34. The Morgan fingerprint density at radius 1 is 1.04 bits per heavy atom. The highest BCUT2D eigenvalue weighted by molar-refractivity contribution is 5.94. The van der Waals surface area contributed by atoms with Gasteiger partial charge in [-0.1, -0.05) is 30.3 Å². The number of furan rings is 1. The minimum absolute atomic E-state index is 0.142. The summed E-state index contributed by atoms with van der Waals surface area (Å²) in [6.07, 6.45) is 7.80. The van der Waals surface area contributed by atoms with Crippen molar-refractivity contribution < 1.29 is 9.21 Å². The van der Waals surface area contributed by atoms with Gasteiger partial charge < -0.3 is 9.32 Å². The molecule has 1 aromatic carbocycles. The summed E-state index contributed by atoms with van der Waals surface area (Å²) >= 11 is 0. The number of hydrogen-bond donors (Lipinski definition) is 0. The second kappa shape index (κ2) is 7.44. The molecule has 0 spiro atoms. The lowest BCUT2D eigenvalue weighted by atomic mass is 9.87. The highest BCUT2D eigenvalue weighted by Crippen LogP contribution is 2.32. The van der Waals surface area contributed by atoms with Crippen LogP contribution in [0.25, 0.3) is 0 Å². The largest absolute Gasteiger partial charge is 0.472 e. The molecule has 0 N–H and O–H groups in total. The summed E-state index contributed by atoms with van der Waals surface area (Å²) in [7, 11) is 0. The molecule has 2 aliphatic heterocycles. The van der Waals surface area contributed by atoms with E-state index in [2.05, 4.69) is 40.1 Å². The van der Waals surface area contributed by atoms with Gasteiger partial charge in [0.2, 0.25) is 0 Å². The Morgan fingerprint density at radius 3 is 2.56 bits per heavy atom. The molecule has 4 rings (SSSR count). The van der Waals surface area contributed by atoms with Crippen LogP contribution in [0.4, 0.5) is 0 Å². The van der Waals surface area contributed by atoms with Gasteiger partial charge in [-0.15, -0.1) is 0 Å². The molecule has 4 heteroatoms. The minimum Gasteiger partial charge on any atom is -0.472 e. The van der Waals surface area contributed by atoms with Gasteiger partial charge >= 0.3 is 0 Å². The summed E-state index contributed by atoms with van der Waals surface area (Å²) in [5, 5.41) is 0. The first-order chi connectivity index (χ1) is 12.3. The molecule has 132 valence electrons. The first kappa shape index (κ1) is 16.4. The third kappa shape index (κ3) is 3.64. The molecular formula is C21H26N2O2. The van der Waals surface area contributed by atoms with E-state index in [0.717, 1.165) is 39.0 Å². The highest BCUT2D eigenvalue weighted by atomic mass is 16.3. The standard InChI is InChI=1S/C21H26N2O2/c24-21(19-10-14-25-16-19)23-11-4-7-20(23)18-8-12-22(13-9-18)15-17-5-2-1-3-6-17/h1-3,5-6,10,14,16,18,20H,4,7-9,11-13,15H2/t20-/m1/s1. The topological polar surface area (TPSA) is 36.7 Å². The molecule has 0 saturated carbocycles. The Bertz CT molecular complexity index is 675. The van der Waals surface area contributed by atoms with Crippen molar-refractivity contribution in [1.82, 2.24) is 9.80 Å². The Kier molecular flexibility index (Phi) is 4.88. The van der Waals surface area contributed by atoms with Gasteiger partial charge in [0.25, 0.3) is 5.91 Å². The molecule has 0 bridgehead atoms. The molecule has 1 amide bonds. The number of nitrogens with zero attached hydrogens (tertiary/aromatic N) is 2. The predicted molar refractivity (Wildman–Crippen MR) is 97.2 cm³/mol. The van der Waals surface area contributed by atoms with Crippen LogP contribution in [-0.2, 0) is 6.54 Å². The van der Waals surface area contributed by atoms with E-state index in [9.17, 15) is 4.79 Å². The van der Waals surface area contributed by atoms with Crippen molar-refractivity contribution in [2.24, 2.45) is 5.92 Å². The van der Waals surface area contributed by atoms with Crippen molar-refractivity contribution in [1.29, 1.82) is 0 Å². The number of carbonyl (C=O) groups excluding carboxylic acids is 1. The molecule has 4 nitrogen and oxygen atoms in total. The second-order valence-electron chi connectivity index (χ2n) is 7.32. The van der Waals surface area contributed by atoms with E-state index in [0.29, 0.717) is 17.5 Å². The number of rotatable bonds is 4. The molecular weight excluding hydrogens is 312 g/mol. The number of benzene rings is 1. The quantitative estimate of drug-likeness (QED) is 0.851. The van der Waals surface area contributed by atoms with Crippen LogP contribution in [0, 0.1) is 5.92 Å². The smallest absolute Gasteiger partial charge is 0.257 e. The molecule has 25 heavy (non-hydrogen) atoms. The molecule has 0 unspecified atom stereocenters. The number of likely N-dealkylation sites (tertiary alicyclic amines) is 2. The van der Waals surface area contributed by atoms with Crippen molar-refractivity contribution in [3.05, 3.63) is 60.1 Å². The van der Waals surface area contributed by atoms with E-state index < -0.39 is 0 Å². The number of hydrogen-bond acceptors (Lipinski definition) is 3. The van der Waals surface area contributed by atoms with Gasteiger partial charge in [-0.05, 0) is 56.3 Å². The van der Waals surface area contributed by atoms with E-state index in [1.54, 1.807) is 18.6 Å². The first-order valence-electron chi connectivity index (χ1n) is 9.41. The van der Waals surface area contributed by atoms with Gasteiger partial charge in [0.05, 0.1) is 11.8 Å². The van der Waals surface area contributed by atoms with E-state index in [1.165, 1.54) is 18.4 Å². The molecule has 2 aromatic rings. The van der Waals surface area contributed by atoms with Gasteiger partial charge in [-0.3, -0.25) is 9.69 Å². The van der Waals surface area contributed by atoms with Crippen molar-refractivity contribution >= 4 is 5.91 Å². The lowest BCUT2D eigenvalue weighted by molar-refractivity contribution is 0.0613. The van der Waals surface area contributed by atoms with E-state index in [4.69, 9.17) is 4.42 Å². The lowest BCUT2D eigenvalue weighted by Crippen LogP contribution is -2.44. The van der Waals surface area contributed by atoms with Crippen LogP contribution in [0.15, 0.2) is 53.3 Å². The van der Waals surface area contributed by atoms with Gasteiger partial charge in [-0.2, -0.15) is 0 Å². The number of piperidine rings is 1. The van der Waals surface area contributed by atoms with Gasteiger partial charge in [0.15, 0.2) is 0 Å². The lowest BCUT2D eigenvalue weighted by Gasteiger charge is -2.38. The van der Waals surface area contributed by atoms with Crippen molar-refractivity contribution in [2.75, 3.05) is 19.6 Å². The normalized spacial score (nSPS) is 22.4. The molecule has 1 atom stereocenters. The summed E-state index contributed by atoms with van der Waals surface area (Å²) < 4.78 is 5.09. The molecule has 2 aliphatic rings. The Labute approximate surface area is 149 Å². The minimum atomic E-state index is 0.142. The van der Waals surface area contributed by atoms with Crippen molar-refractivity contribution in [2.45, 2.75) is 38.3 Å². The zero-order valence-electron chi connectivity index (χ0n) is 14.6. The van der Waals surface area contributed by atoms with Crippen LogP contribution in [0.3, 0.4) is 0 Å². The zero-order valence-corrected chi connectivity index (χ0v) is 14.6. The van der Waals surface area contributed by atoms with Crippen LogP contribution < -0.4 is 0 Å². The summed E-state index contributed by atoms with van der Waals surface area (Å²) in [5.41, 5.74) is 2.08. The van der Waals surface area contributed by atoms with Crippen LogP contribution in [-0.4, -0.2) is 41.4 Å². The van der Waals surface area contributed by atoms with Crippen LogP contribution >= 0.6 is 0 Å². The Hall–Kier alpha value is -2.07. The summed E-state index contributed by atoms with van der Waals surface area (Å²) in [4.78, 5) is 17.4. The fraction of sp³-hybridized carbons (Fsp3) is 0.476. The van der Waals surface area contributed by atoms with Gasteiger partial charge in [0.1, 0.15) is 6.26 Å². The zero-order chi connectivity index (χ0) is 17.1. The monoisotopic (exact) mass is 338 g/mol. The molecule has 0 aliphatic carbocycles. The summed E-state index contributed by atoms with van der Waals surface area (Å²) in [6.45, 7) is 4.18. The summed E-state index contributed by atoms with van der Waals surface area (Å²) in [6, 6.07) is 12.9. The Morgan fingerprint density at radius 2 is 1.84 bits per heavy atom. The highest BCUT2D eigenvalue weighted by Gasteiger charge is 2.36. The van der Waals surface area contributed by atoms with Crippen LogP contribution in [0.2, 0.25) is 0 Å². The van der Waals surface area contributed by atoms with Crippen LogP contribution in [0.1, 0.15) is 41.6 Å². The first-order valence-corrected chi connectivity index (χ1v) is 9.41. The predicted octanol–water partition coefficient (Wildman–Crippen LogP) is 3.80. The van der Waals surface area contributed by atoms with E-state index >= 15 is 0 Å². The van der Waals surface area contributed by atoms with E-state index in [1.807, 2.05) is 0 Å². The SMILES string of the molecule is O=C(c1ccoc1)N1CCC[C@@H]1C1CCN(Cc2ccccc2)CC1. The molecule has 0 radical (unpaired) electrons. The number of carbonyl (C=O) groups is 1. The molecule has 2 fully saturated rings. The molecule has 1 aromatic heterocycles. The van der Waals surface area contributed by atoms with Crippen LogP contribution in [0.5, 0.6) is 0 Å². The van der Waals surface area contributed by atoms with Crippen molar-refractivity contribution in [3.8, 4) is 0 Å². The third-order valence-corrected chi connectivity index (χ3v) is 5.75. The average molecular weight is 338 g/mol. The fourth-order valence-corrected chi connectivity index (χ4v) is 4.42. The molecule has 3 heterocycles. The maximum Gasteiger partial charge on any atom is 0.257 e. The van der Waals surface area contributed by atoms with E-state index in [-0.39, 0.29) is 5.91 Å². The fourth-order valence-electron chi connectivity index (χ4n) is 4.42. The molecule has 2 saturated heterocycles. The maximum atomic E-state index is 12.7. The number of amides is 1. The van der Waals surface area contributed by atoms with Crippen molar-refractivity contribution in [3.63, 3.8) is 0 Å². The average Bonchev–Trinajstić information content (AvgIpc) is 3.35. The van der Waals surface area contributed by atoms with Gasteiger partial charge in [0, 0.05) is 19.1 Å². The second-order valence-corrected chi connectivity index (χ2v) is 7.32. The maximum absolute atomic E-state index is 12.7. The third-order valence-electron chi connectivity index (χ3n) is 5.75. The van der Waals surface area contributed by atoms with Gasteiger partial charge in [-0.25, -0.2) is 0 Å².